The Kier molecular flexibility index (Phi) is 4.43. The maximum absolute atomic E-state index is 12.5. The van der Waals surface area contributed by atoms with E-state index in [1.54, 1.807) is 0 Å². The van der Waals surface area contributed by atoms with Crippen LogP contribution in [0.4, 0.5) is 0 Å². The van der Waals surface area contributed by atoms with Gasteiger partial charge >= 0.3 is 0 Å². The van der Waals surface area contributed by atoms with Crippen molar-refractivity contribution in [3.8, 4) is 0 Å². The lowest BCUT2D eigenvalue weighted by atomic mass is 9.94. The van der Waals surface area contributed by atoms with E-state index in [9.17, 15) is 4.79 Å². The number of carbonyl (C=O) groups excluding carboxylic acids is 1. The number of nitrogens with one attached hydrogen (secondary N) is 1. The highest BCUT2D eigenvalue weighted by atomic mass is 16.2. The highest BCUT2D eigenvalue weighted by Crippen LogP contribution is 2.26. The number of fused-ring (bicyclic) bond motifs is 3. The summed E-state index contributed by atoms with van der Waals surface area (Å²) in [6.45, 7) is 0. The van der Waals surface area contributed by atoms with Crippen molar-refractivity contribution in [3.05, 3.63) is 42.2 Å². The van der Waals surface area contributed by atoms with E-state index in [0.29, 0.717) is 18.9 Å². The van der Waals surface area contributed by atoms with Gasteiger partial charge in [-0.2, -0.15) is 0 Å². The van der Waals surface area contributed by atoms with E-state index in [2.05, 4.69) is 34.2 Å². The number of hydrogen-bond acceptors (Lipinski definition) is 2. The Morgan fingerprint density at radius 2 is 1.96 bits per heavy atom. The lowest BCUT2D eigenvalue weighted by molar-refractivity contribution is -0.132. The van der Waals surface area contributed by atoms with E-state index < -0.39 is 0 Å². The van der Waals surface area contributed by atoms with Crippen molar-refractivity contribution in [1.29, 1.82) is 0 Å². The molecule has 4 rings (SSSR count). The number of aryl methyl sites for hydroxylation is 1. The van der Waals surface area contributed by atoms with Gasteiger partial charge in [0.1, 0.15) is 0 Å². The van der Waals surface area contributed by atoms with E-state index in [4.69, 9.17) is 0 Å². The van der Waals surface area contributed by atoms with Crippen LogP contribution in [0.25, 0.3) is 21.8 Å². The fraction of sp³-hybridized carbons (Fsp3) is 0.429. The van der Waals surface area contributed by atoms with Crippen LogP contribution in [0, 0.1) is 0 Å². The summed E-state index contributed by atoms with van der Waals surface area (Å²) < 4.78 is 0. The monoisotopic (exact) mass is 335 g/mol. The fourth-order valence-electron chi connectivity index (χ4n) is 4.01. The molecule has 1 aliphatic rings. The standard InChI is InChI=1S/C21H25N3O/c1-24(16-7-3-2-4-8-16)21(25)12-11-15-13-18-17-9-5-6-10-19(17)23-20(18)14-22-15/h5-6,9-10,13-14,16,23H,2-4,7-8,11-12H2,1H3. The summed E-state index contributed by atoms with van der Waals surface area (Å²) in [6, 6.07) is 10.9. The minimum Gasteiger partial charge on any atom is -0.353 e. The second-order valence-electron chi connectivity index (χ2n) is 7.19. The Hall–Kier alpha value is -2.36. The summed E-state index contributed by atoms with van der Waals surface area (Å²) in [5.41, 5.74) is 3.17. The molecule has 130 valence electrons. The number of aromatic nitrogens is 2. The van der Waals surface area contributed by atoms with Gasteiger partial charge in [0.15, 0.2) is 0 Å². The Morgan fingerprint density at radius 3 is 2.80 bits per heavy atom. The minimum atomic E-state index is 0.243. The second-order valence-corrected chi connectivity index (χ2v) is 7.19. The van der Waals surface area contributed by atoms with Crippen LogP contribution in [-0.2, 0) is 11.2 Å². The highest BCUT2D eigenvalue weighted by molar-refractivity contribution is 6.06. The molecule has 1 aliphatic carbocycles. The van der Waals surface area contributed by atoms with Crippen LogP contribution in [0.2, 0.25) is 0 Å². The van der Waals surface area contributed by atoms with E-state index in [1.807, 2.05) is 24.2 Å². The zero-order chi connectivity index (χ0) is 17.2. The molecule has 0 bridgehead atoms. The Labute approximate surface area is 148 Å². The van der Waals surface area contributed by atoms with Gasteiger partial charge in [-0.3, -0.25) is 9.78 Å². The number of carbonyl (C=O) groups is 1. The van der Waals surface area contributed by atoms with Crippen molar-refractivity contribution >= 4 is 27.7 Å². The van der Waals surface area contributed by atoms with Crippen molar-refractivity contribution < 1.29 is 4.79 Å². The van der Waals surface area contributed by atoms with E-state index in [-0.39, 0.29) is 5.91 Å². The third-order valence-corrected chi connectivity index (χ3v) is 5.56. The largest absolute Gasteiger partial charge is 0.353 e. The Bertz CT molecular complexity index is 892. The van der Waals surface area contributed by atoms with Gasteiger partial charge in [0.2, 0.25) is 5.91 Å². The van der Waals surface area contributed by atoms with Crippen LogP contribution in [0.3, 0.4) is 0 Å². The van der Waals surface area contributed by atoms with Gasteiger partial charge < -0.3 is 9.88 Å². The molecular formula is C21H25N3O. The minimum absolute atomic E-state index is 0.243. The lowest BCUT2D eigenvalue weighted by Crippen LogP contribution is -2.38. The first-order valence-electron chi connectivity index (χ1n) is 9.33. The van der Waals surface area contributed by atoms with Crippen molar-refractivity contribution in [3.63, 3.8) is 0 Å². The first-order valence-corrected chi connectivity index (χ1v) is 9.33. The molecule has 0 atom stereocenters. The molecule has 25 heavy (non-hydrogen) atoms. The number of pyridine rings is 1. The van der Waals surface area contributed by atoms with Crippen LogP contribution in [-0.4, -0.2) is 33.9 Å². The van der Waals surface area contributed by atoms with Crippen LogP contribution in [0.1, 0.15) is 44.2 Å². The molecule has 0 radical (unpaired) electrons. The van der Waals surface area contributed by atoms with Gasteiger partial charge in [-0.25, -0.2) is 0 Å². The summed E-state index contributed by atoms with van der Waals surface area (Å²) in [6.07, 6.45) is 9.25. The van der Waals surface area contributed by atoms with Crippen LogP contribution < -0.4 is 0 Å². The van der Waals surface area contributed by atoms with Gasteiger partial charge in [-0.1, -0.05) is 37.5 Å². The quantitative estimate of drug-likeness (QED) is 0.766. The van der Waals surface area contributed by atoms with E-state index in [1.165, 1.54) is 30.0 Å². The normalized spacial score (nSPS) is 15.7. The Balaban J connectivity index is 1.47. The molecule has 0 spiro atoms. The molecule has 0 unspecified atom stereocenters. The van der Waals surface area contributed by atoms with Crippen LogP contribution in [0.15, 0.2) is 36.5 Å². The second kappa shape index (κ2) is 6.87. The number of aromatic amines is 1. The zero-order valence-corrected chi connectivity index (χ0v) is 14.8. The third kappa shape index (κ3) is 3.26. The number of hydrogen-bond donors (Lipinski definition) is 1. The molecule has 2 aromatic heterocycles. The third-order valence-electron chi connectivity index (χ3n) is 5.56. The average Bonchev–Trinajstić information content (AvgIpc) is 3.04. The smallest absolute Gasteiger partial charge is 0.222 e. The van der Waals surface area contributed by atoms with Gasteiger partial charge in [-0.15, -0.1) is 0 Å². The van der Waals surface area contributed by atoms with Gasteiger partial charge in [0.25, 0.3) is 0 Å². The van der Waals surface area contributed by atoms with Gasteiger partial charge in [-0.05, 0) is 31.4 Å². The lowest BCUT2D eigenvalue weighted by Gasteiger charge is -2.31. The molecule has 2 heterocycles. The molecule has 4 heteroatoms. The molecule has 4 nitrogen and oxygen atoms in total. The molecule has 3 aromatic rings. The molecule has 1 saturated carbocycles. The van der Waals surface area contributed by atoms with Crippen molar-refractivity contribution in [2.24, 2.45) is 0 Å². The molecule has 1 N–H and O–H groups in total. The maximum atomic E-state index is 12.5. The van der Waals surface area contributed by atoms with Crippen molar-refractivity contribution in [2.45, 2.75) is 51.0 Å². The predicted molar refractivity (Wildman–Crippen MR) is 102 cm³/mol. The van der Waals surface area contributed by atoms with Gasteiger partial charge in [0, 0.05) is 41.5 Å². The first kappa shape index (κ1) is 16.1. The van der Waals surface area contributed by atoms with E-state index in [0.717, 1.165) is 29.6 Å². The predicted octanol–water partition coefficient (Wildman–Crippen LogP) is 4.44. The van der Waals surface area contributed by atoms with Crippen LogP contribution in [0.5, 0.6) is 0 Å². The molecule has 1 aromatic carbocycles. The number of amides is 1. The maximum Gasteiger partial charge on any atom is 0.222 e. The highest BCUT2D eigenvalue weighted by Gasteiger charge is 2.21. The summed E-state index contributed by atoms with van der Waals surface area (Å²) in [7, 11) is 1.97. The fourth-order valence-corrected chi connectivity index (χ4v) is 4.01. The molecular weight excluding hydrogens is 310 g/mol. The van der Waals surface area contributed by atoms with Gasteiger partial charge in [0.05, 0.1) is 11.7 Å². The average molecular weight is 335 g/mol. The number of H-pyrrole nitrogens is 1. The zero-order valence-electron chi connectivity index (χ0n) is 14.8. The first-order chi connectivity index (χ1) is 12.2. The van der Waals surface area contributed by atoms with Crippen LogP contribution >= 0.6 is 0 Å². The number of nitrogens with zero attached hydrogens (tertiary/aromatic N) is 2. The summed E-state index contributed by atoms with van der Waals surface area (Å²) >= 11 is 0. The molecule has 0 saturated heterocycles. The molecule has 1 amide bonds. The molecule has 1 fully saturated rings. The summed E-state index contributed by atoms with van der Waals surface area (Å²) in [5, 5.41) is 2.40. The Morgan fingerprint density at radius 1 is 1.16 bits per heavy atom. The van der Waals surface area contributed by atoms with Crippen molar-refractivity contribution in [1.82, 2.24) is 14.9 Å². The van der Waals surface area contributed by atoms with E-state index >= 15 is 0 Å². The summed E-state index contributed by atoms with van der Waals surface area (Å²) in [5.74, 6) is 0.243. The number of para-hydroxylation sites is 1. The SMILES string of the molecule is CN(C(=O)CCc1cc2c(cn1)[nH]c1ccccc12)C1CCCCC1. The number of benzene rings is 1. The summed E-state index contributed by atoms with van der Waals surface area (Å²) in [4.78, 5) is 22.4. The number of rotatable bonds is 4. The molecule has 0 aliphatic heterocycles. The van der Waals surface area contributed by atoms with Crippen molar-refractivity contribution in [2.75, 3.05) is 7.05 Å². The topological polar surface area (TPSA) is 49.0 Å².